The maximum atomic E-state index is 12.5. The van der Waals surface area contributed by atoms with Gasteiger partial charge in [-0.2, -0.15) is 15.0 Å². The Morgan fingerprint density at radius 2 is 2.03 bits per heavy atom. The standard InChI is InChI=1S/C19H25ClN10O/c1-9(2)15-18(31)25-14-10(3)23-19(26-17(14)29(15)4)24-12-5-11(6-12)22-8-30-27-13(7-21)16(20)28-30/h9,11-12,15,22H,5-6,8H2,1-4H3,(H,25,31)(H,23,24,26). The van der Waals surface area contributed by atoms with Gasteiger partial charge in [0.2, 0.25) is 17.5 Å². The molecule has 12 heteroatoms. The first-order chi connectivity index (χ1) is 14.8. The maximum Gasteiger partial charge on any atom is 0.247 e. The lowest BCUT2D eigenvalue weighted by molar-refractivity contribution is -0.118. The van der Waals surface area contributed by atoms with Crippen LogP contribution >= 0.6 is 11.6 Å². The molecule has 2 aromatic rings. The summed E-state index contributed by atoms with van der Waals surface area (Å²) in [7, 11) is 1.90. The van der Waals surface area contributed by atoms with Crippen molar-refractivity contribution in [2.75, 3.05) is 22.6 Å². The number of aromatic nitrogens is 5. The van der Waals surface area contributed by atoms with Crippen molar-refractivity contribution in [3.8, 4) is 6.07 Å². The van der Waals surface area contributed by atoms with E-state index < -0.39 is 0 Å². The molecule has 1 aliphatic heterocycles. The van der Waals surface area contributed by atoms with Gasteiger partial charge in [-0.15, -0.1) is 10.2 Å². The van der Waals surface area contributed by atoms with Gasteiger partial charge in [-0.1, -0.05) is 25.4 Å². The van der Waals surface area contributed by atoms with Gasteiger partial charge in [0, 0.05) is 19.1 Å². The predicted octanol–water partition coefficient (Wildman–Crippen LogP) is 1.50. The summed E-state index contributed by atoms with van der Waals surface area (Å²) in [6.45, 7) is 6.30. The van der Waals surface area contributed by atoms with Crippen molar-refractivity contribution in [2.45, 2.75) is 58.4 Å². The number of rotatable bonds is 6. The number of aryl methyl sites for hydroxylation is 1. The lowest BCUT2D eigenvalue weighted by atomic mass is 9.87. The van der Waals surface area contributed by atoms with E-state index >= 15 is 0 Å². The van der Waals surface area contributed by atoms with Gasteiger partial charge in [0.05, 0.1) is 5.69 Å². The first-order valence-corrected chi connectivity index (χ1v) is 10.6. The number of likely N-dealkylation sites (N-methyl/N-ethyl adjacent to an activating group) is 1. The molecule has 0 saturated heterocycles. The second-order valence-corrected chi connectivity index (χ2v) is 8.67. The number of fused-ring (bicyclic) bond motifs is 1. The fourth-order valence-electron chi connectivity index (χ4n) is 4.04. The summed E-state index contributed by atoms with van der Waals surface area (Å²) in [4.78, 5) is 25.0. The predicted molar refractivity (Wildman–Crippen MR) is 116 cm³/mol. The third kappa shape index (κ3) is 4.13. The lowest BCUT2D eigenvalue weighted by Gasteiger charge is -2.38. The Labute approximate surface area is 185 Å². The molecule has 1 amide bonds. The summed E-state index contributed by atoms with van der Waals surface area (Å²) in [6.07, 6.45) is 1.78. The van der Waals surface area contributed by atoms with E-state index in [-0.39, 0.29) is 34.8 Å². The van der Waals surface area contributed by atoms with E-state index in [1.165, 1.54) is 4.80 Å². The van der Waals surface area contributed by atoms with Gasteiger partial charge in [0.25, 0.3) is 0 Å². The van der Waals surface area contributed by atoms with Gasteiger partial charge in [-0.3, -0.25) is 10.1 Å². The average Bonchev–Trinajstić information content (AvgIpc) is 3.04. The number of nitrogens with zero attached hydrogens (tertiary/aromatic N) is 7. The van der Waals surface area contributed by atoms with Crippen LogP contribution in [0.25, 0.3) is 0 Å². The molecule has 2 aliphatic rings. The number of hydrogen-bond acceptors (Lipinski definition) is 9. The minimum atomic E-state index is -0.266. The van der Waals surface area contributed by atoms with Crippen LogP contribution in [0.2, 0.25) is 5.15 Å². The van der Waals surface area contributed by atoms with E-state index in [9.17, 15) is 4.79 Å². The second-order valence-electron chi connectivity index (χ2n) is 8.32. The van der Waals surface area contributed by atoms with Gasteiger partial charge in [0.15, 0.2) is 11.0 Å². The molecule has 4 rings (SSSR count). The van der Waals surface area contributed by atoms with Crippen molar-refractivity contribution >= 4 is 35.0 Å². The first kappa shape index (κ1) is 21.3. The van der Waals surface area contributed by atoms with Crippen molar-refractivity contribution in [2.24, 2.45) is 5.92 Å². The molecule has 1 atom stereocenters. The maximum absolute atomic E-state index is 12.5. The highest BCUT2D eigenvalue weighted by atomic mass is 35.5. The zero-order chi connectivity index (χ0) is 22.3. The SMILES string of the molecule is Cc1nc(NC2CC(NCn3nc(Cl)c(C#N)n3)C2)nc2c1NC(=O)C(C(C)C)N2C. The number of nitrogens with one attached hydrogen (secondary N) is 3. The minimum absolute atomic E-state index is 0.0276. The Morgan fingerprint density at radius 3 is 2.68 bits per heavy atom. The second kappa shape index (κ2) is 8.28. The van der Waals surface area contributed by atoms with E-state index in [2.05, 4.69) is 36.1 Å². The summed E-state index contributed by atoms with van der Waals surface area (Å²) < 4.78 is 0. The van der Waals surface area contributed by atoms with Gasteiger partial charge in [0.1, 0.15) is 24.5 Å². The first-order valence-electron chi connectivity index (χ1n) is 10.2. The summed E-state index contributed by atoms with van der Waals surface area (Å²) in [6, 6.07) is 2.17. The van der Waals surface area contributed by atoms with Gasteiger partial charge in [-0.05, 0) is 25.7 Å². The minimum Gasteiger partial charge on any atom is -0.351 e. The highest BCUT2D eigenvalue weighted by molar-refractivity contribution is 6.30. The molecule has 1 fully saturated rings. The fraction of sp³-hybridized carbons (Fsp3) is 0.579. The van der Waals surface area contributed by atoms with Crippen molar-refractivity contribution in [3.05, 3.63) is 16.5 Å². The molecule has 2 aromatic heterocycles. The molecule has 0 bridgehead atoms. The lowest BCUT2D eigenvalue weighted by Crippen LogP contribution is -2.50. The van der Waals surface area contributed by atoms with Gasteiger partial charge in [-0.25, -0.2) is 4.98 Å². The Kier molecular flexibility index (Phi) is 5.68. The van der Waals surface area contributed by atoms with E-state index in [1.807, 2.05) is 38.8 Å². The Bertz CT molecular complexity index is 1040. The number of anilines is 3. The normalized spacial score (nSPS) is 22.5. The number of nitriles is 1. The molecule has 31 heavy (non-hydrogen) atoms. The molecular weight excluding hydrogens is 420 g/mol. The molecular formula is C19H25ClN10O. The molecule has 1 unspecified atom stereocenters. The summed E-state index contributed by atoms with van der Waals surface area (Å²) in [5.74, 6) is 1.42. The monoisotopic (exact) mass is 444 g/mol. The molecule has 3 heterocycles. The van der Waals surface area contributed by atoms with Crippen LogP contribution in [0.1, 0.15) is 38.1 Å². The number of halogens is 1. The third-order valence-corrected chi connectivity index (χ3v) is 5.94. The van der Waals surface area contributed by atoms with Crippen LogP contribution in [-0.4, -0.2) is 56.0 Å². The quantitative estimate of drug-likeness (QED) is 0.605. The van der Waals surface area contributed by atoms with Crippen LogP contribution in [0.5, 0.6) is 0 Å². The molecule has 0 spiro atoms. The van der Waals surface area contributed by atoms with Crippen LogP contribution in [0, 0.1) is 24.2 Å². The fourth-order valence-corrected chi connectivity index (χ4v) is 4.21. The molecule has 3 N–H and O–H groups in total. The van der Waals surface area contributed by atoms with Crippen molar-refractivity contribution in [1.29, 1.82) is 5.26 Å². The zero-order valence-electron chi connectivity index (χ0n) is 17.8. The molecule has 1 saturated carbocycles. The Hall–Kier alpha value is -2.97. The Balaban J connectivity index is 1.35. The van der Waals surface area contributed by atoms with Crippen molar-refractivity contribution < 1.29 is 4.79 Å². The summed E-state index contributed by atoms with van der Waals surface area (Å²) in [5.41, 5.74) is 1.53. The van der Waals surface area contributed by atoms with Crippen LogP contribution in [0.4, 0.5) is 17.5 Å². The van der Waals surface area contributed by atoms with Crippen LogP contribution in [0.3, 0.4) is 0 Å². The molecule has 0 aromatic carbocycles. The van der Waals surface area contributed by atoms with Crippen molar-refractivity contribution in [3.63, 3.8) is 0 Å². The van der Waals surface area contributed by atoms with Crippen LogP contribution in [0.15, 0.2) is 0 Å². The largest absolute Gasteiger partial charge is 0.351 e. The smallest absolute Gasteiger partial charge is 0.247 e. The van der Waals surface area contributed by atoms with Crippen LogP contribution < -0.4 is 20.9 Å². The Morgan fingerprint density at radius 1 is 1.29 bits per heavy atom. The molecule has 11 nitrogen and oxygen atoms in total. The summed E-state index contributed by atoms with van der Waals surface area (Å²) >= 11 is 5.83. The molecule has 0 radical (unpaired) electrons. The summed E-state index contributed by atoms with van der Waals surface area (Å²) in [5, 5.41) is 26.7. The highest BCUT2D eigenvalue weighted by Crippen LogP contribution is 2.34. The number of carbonyl (C=O) groups is 1. The van der Waals surface area contributed by atoms with Crippen LogP contribution in [-0.2, 0) is 11.5 Å². The van der Waals surface area contributed by atoms with Crippen molar-refractivity contribution in [1.82, 2.24) is 30.3 Å². The van der Waals surface area contributed by atoms with E-state index in [4.69, 9.17) is 16.9 Å². The average molecular weight is 445 g/mol. The topological polar surface area (TPSA) is 137 Å². The molecule has 1 aliphatic carbocycles. The zero-order valence-corrected chi connectivity index (χ0v) is 18.6. The number of carbonyl (C=O) groups excluding carboxylic acids is 1. The van der Waals surface area contributed by atoms with E-state index in [0.717, 1.165) is 24.4 Å². The molecule has 164 valence electrons. The third-order valence-electron chi connectivity index (χ3n) is 5.68. The number of hydrogen-bond donors (Lipinski definition) is 3. The van der Waals surface area contributed by atoms with E-state index in [1.54, 1.807) is 0 Å². The van der Waals surface area contributed by atoms with Gasteiger partial charge >= 0.3 is 0 Å². The number of amides is 1. The highest BCUT2D eigenvalue weighted by Gasteiger charge is 2.36. The van der Waals surface area contributed by atoms with Gasteiger partial charge < -0.3 is 15.5 Å². The van der Waals surface area contributed by atoms with E-state index in [0.29, 0.717) is 24.3 Å².